The van der Waals surface area contributed by atoms with E-state index in [1.807, 2.05) is 42.5 Å². The van der Waals surface area contributed by atoms with Crippen molar-refractivity contribution in [1.29, 1.82) is 0 Å². The van der Waals surface area contributed by atoms with Gasteiger partial charge in [-0.1, -0.05) is 88.9 Å². The van der Waals surface area contributed by atoms with Crippen LogP contribution < -0.4 is 0 Å². The average molecular weight is 706 g/mol. The lowest BCUT2D eigenvalue weighted by molar-refractivity contribution is 0.454. The van der Waals surface area contributed by atoms with Crippen molar-refractivity contribution >= 4 is 57.5 Å². The van der Waals surface area contributed by atoms with Gasteiger partial charge in [-0.15, -0.1) is 0 Å². The molecule has 0 aliphatic heterocycles. The minimum atomic E-state index is -0.665. The summed E-state index contributed by atoms with van der Waals surface area (Å²) in [4.78, 5) is 0. The summed E-state index contributed by atoms with van der Waals surface area (Å²) in [6, 6.07) is 27.0. The Morgan fingerprint density at radius 2 is 0.851 bits per heavy atom. The second-order valence-electron chi connectivity index (χ2n) is 11.6. The third-order valence-corrected chi connectivity index (χ3v) is 9.10. The number of hydrogen-bond acceptors (Lipinski definition) is 4. The van der Waals surface area contributed by atoms with Gasteiger partial charge in [0.1, 0.15) is 32.0 Å². The first-order valence-corrected chi connectivity index (χ1v) is 16.2. The molecular weight excluding hydrogens is 674 g/mol. The van der Waals surface area contributed by atoms with Gasteiger partial charge in [-0.25, -0.2) is 0 Å². The van der Waals surface area contributed by atoms with E-state index in [0.29, 0.717) is 66.8 Å². The summed E-state index contributed by atoms with van der Waals surface area (Å²) in [6.07, 6.45) is 0. The minimum absolute atomic E-state index is 0.0128. The molecular formula is C39H32Cl4O4. The monoisotopic (exact) mass is 704 g/mol. The van der Waals surface area contributed by atoms with Gasteiger partial charge in [0, 0.05) is 28.2 Å². The molecule has 0 radical (unpaired) electrons. The molecule has 0 aliphatic carbocycles. The summed E-state index contributed by atoms with van der Waals surface area (Å²) in [5.41, 5.74) is 7.92. The number of phenolic OH excluding ortho intramolecular Hbond substituents is 4. The predicted molar refractivity (Wildman–Crippen MR) is 194 cm³/mol. The van der Waals surface area contributed by atoms with E-state index in [1.165, 1.54) is 0 Å². The van der Waals surface area contributed by atoms with Crippen molar-refractivity contribution in [2.45, 2.75) is 33.6 Å². The molecule has 5 aromatic rings. The molecule has 0 bridgehead atoms. The molecule has 0 saturated heterocycles. The number of aryl methyl sites for hydroxylation is 4. The predicted octanol–water partition coefficient (Wildman–Crippen LogP) is 11.3. The highest BCUT2D eigenvalue weighted by Gasteiger charge is 2.28. The van der Waals surface area contributed by atoms with Crippen LogP contribution >= 0.6 is 46.4 Å². The largest absolute Gasteiger partial charge is 0.508 e. The first-order valence-electron chi connectivity index (χ1n) is 14.7. The Morgan fingerprint density at radius 3 is 1.21 bits per heavy atom. The quantitative estimate of drug-likeness (QED) is 0.127. The van der Waals surface area contributed by atoms with Crippen LogP contribution in [0.1, 0.15) is 67.1 Å². The molecule has 0 amide bonds. The molecule has 0 aromatic heterocycles. The van der Waals surface area contributed by atoms with Gasteiger partial charge in [0.25, 0.3) is 0 Å². The third-order valence-electron chi connectivity index (χ3n) is 8.34. The fourth-order valence-electron chi connectivity index (χ4n) is 5.91. The van der Waals surface area contributed by atoms with E-state index in [2.05, 4.69) is 0 Å². The lowest BCUT2D eigenvalue weighted by Crippen LogP contribution is -2.08. The molecule has 5 aromatic carbocycles. The average Bonchev–Trinajstić information content (AvgIpc) is 3.02. The van der Waals surface area contributed by atoms with Gasteiger partial charge in [0.05, 0.1) is 0 Å². The molecule has 0 unspecified atom stereocenters. The molecule has 5 rings (SSSR count). The maximum atomic E-state index is 11.7. The van der Waals surface area contributed by atoms with E-state index >= 15 is 0 Å². The van der Waals surface area contributed by atoms with E-state index in [-0.39, 0.29) is 32.0 Å². The van der Waals surface area contributed by atoms with Crippen molar-refractivity contribution in [3.05, 3.63) is 161 Å². The number of rotatable bonds is 7. The highest BCUT2D eigenvalue weighted by molar-refractivity contribution is 6.59. The molecule has 4 N–H and O–H groups in total. The molecule has 8 heteroatoms. The Balaban J connectivity index is 1.80. The van der Waals surface area contributed by atoms with Gasteiger partial charge in [-0.05, 0) is 126 Å². The molecule has 0 atom stereocenters. The third kappa shape index (κ3) is 6.97. The fourth-order valence-corrected chi connectivity index (χ4v) is 6.78. The summed E-state index contributed by atoms with van der Waals surface area (Å²) in [5, 5.41) is 43.7. The molecule has 47 heavy (non-hydrogen) atoms. The van der Waals surface area contributed by atoms with E-state index in [4.69, 9.17) is 46.4 Å². The van der Waals surface area contributed by atoms with E-state index < -0.39 is 5.92 Å². The Morgan fingerprint density at radius 1 is 0.468 bits per heavy atom. The number of hydrogen-bond donors (Lipinski definition) is 4. The summed E-state index contributed by atoms with van der Waals surface area (Å²) < 4.78 is 0.0256. The zero-order valence-electron chi connectivity index (χ0n) is 26.0. The van der Waals surface area contributed by atoms with E-state index in [0.717, 1.165) is 5.56 Å². The SMILES string of the molecule is Cc1cc(C(=C(Cl)Cl)c2cc(C)c(O)c(C(c3ccccc3)c3cc(C(=C(Cl)Cl)c4ccc(O)c(C)c4)cc(C)c3O)c2)ccc1O. The van der Waals surface area contributed by atoms with Crippen LogP contribution in [-0.4, -0.2) is 20.4 Å². The van der Waals surface area contributed by atoms with Crippen molar-refractivity contribution in [2.24, 2.45) is 0 Å². The van der Waals surface area contributed by atoms with E-state index in [9.17, 15) is 20.4 Å². The normalized spacial score (nSPS) is 11.1. The first-order chi connectivity index (χ1) is 22.3. The Labute approximate surface area is 294 Å². The molecule has 0 spiro atoms. The maximum Gasteiger partial charge on any atom is 0.122 e. The number of phenols is 4. The Kier molecular flexibility index (Phi) is 10.2. The topological polar surface area (TPSA) is 80.9 Å². The van der Waals surface area contributed by atoms with Gasteiger partial charge >= 0.3 is 0 Å². The summed E-state index contributed by atoms with van der Waals surface area (Å²) in [7, 11) is 0. The van der Waals surface area contributed by atoms with Crippen LogP contribution in [0.3, 0.4) is 0 Å². The van der Waals surface area contributed by atoms with Crippen molar-refractivity contribution in [3.8, 4) is 23.0 Å². The molecule has 0 saturated carbocycles. The lowest BCUT2D eigenvalue weighted by Gasteiger charge is -2.25. The lowest BCUT2D eigenvalue weighted by atomic mass is 9.80. The number of halogens is 4. The van der Waals surface area contributed by atoms with Gasteiger partial charge < -0.3 is 20.4 Å². The van der Waals surface area contributed by atoms with Crippen LogP contribution in [0.25, 0.3) is 11.1 Å². The fraction of sp³-hybridized carbons (Fsp3) is 0.128. The molecule has 4 nitrogen and oxygen atoms in total. The van der Waals surface area contributed by atoms with Crippen molar-refractivity contribution in [3.63, 3.8) is 0 Å². The smallest absolute Gasteiger partial charge is 0.122 e. The molecule has 0 fully saturated rings. The van der Waals surface area contributed by atoms with Crippen LogP contribution in [0.4, 0.5) is 0 Å². The van der Waals surface area contributed by atoms with Gasteiger partial charge in [-0.3, -0.25) is 0 Å². The molecule has 240 valence electrons. The summed E-state index contributed by atoms with van der Waals surface area (Å²) in [5.74, 6) is -0.301. The van der Waals surface area contributed by atoms with Gasteiger partial charge in [0.2, 0.25) is 0 Å². The van der Waals surface area contributed by atoms with Crippen LogP contribution in [0.2, 0.25) is 0 Å². The van der Waals surface area contributed by atoms with E-state index in [1.54, 1.807) is 76.2 Å². The van der Waals surface area contributed by atoms with Crippen LogP contribution in [-0.2, 0) is 0 Å². The maximum absolute atomic E-state index is 11.7. The Bertz CT molecular complexity index is 1930. The molecule has 0 aliphatic rings. The van der Waals surface area contributed by atoms with Crippen LogP contribution in [0, 0.1) is 27.7 Å². The van der Waals surface area contributed by atoms with Crippen molar-refractivity contribution < 1.29 is 20.4 Å². The number of benzene rings is 5. The second kappa shape index (κ2) is 14.0. The zero-order valence-corrected chi connectivity index (χ0v) is 29.1. The second-order valence-corrected chi connectivity index (χ2v) is 13.5. The van der Waals surface area contributed by atoms with Crippen LogP contribution in [0.15, 0.2) is 100.0 Å². The van der Waals surface area contributed by atoms with Crippen molar-refractivity contribution in [1.82, 2.24) is 0 Å². The first kappa shape index (κ1) is 34.3. The van der Waals surface area contributed by atoms with Gasteiger partial charge in [0.15, 0.2) is 0 Å². The summed E-state index contributed by atoms with van der Waals surface area (Å²) >= 11 is 26.0. The summed E-state index contributed by atoms with van der Waals surface area (Å²) in [6.45, 7) is 7.14. The number of aromatic hydroxyl groups is 4. The van der Waals surface area contributed by atoms with Crippen LogP contribution in [0.5, 0.6) is 23.0 Å². The standard InChI is InChI=1S/C39H32Cl4O4/c1-20-14-25(10-12-31(20)44)33(38(40)41)27-16-22(3)36(46)29(18-27)35(24-8-6-5-7-9-24)30-19-28(17-23(4)37(30)47)34(39(42)43)26-11-13-32(45)21(2)15-26/h5-19,35,44-47H,1-4H3. The minimum Gasteiger partial charge on any atom is -0.508 e. The highest BCUT2D eigenvalue weighted by Crippen LogP contribution is 2.47. The zero-order chi connectivity index (χ0) is 34.2. The van der Waals surface area contributed by atoms with Gasteiger partial charge in [-0.2, -0.15) is 0 Å². The Hall–Kier alpha value is -4.06. The van der Waals surface area contributed by atoms with Crippen molar-refractivity contribution in [2.75, 3.05) is 0 Å². The highest BCUT2D eigenvalue weighted by atomic mass is 35.5. The molecule has 0 heterocycles.